The molecule has 0 aromatic carbocycles. The highest BCUT2D eigenvalue weighted by Gasteiger charge is 2.63. The molecule has 7 N–H and O–H groups in total. The SMILES string of the molecule is CC1(C)C2CC[C@@]1(C)C(OC(=O)Nc1nc(Cl)nc3c1ncn3C1OC(CNP(=O)(O)CP(=O)(O)O)C(O)C1O)C2. The summed E-state index contributed by atoms with van der Waals surface area (Å²) in [6, 6.07) is 0. The van der Waals surface area contributed by atoms with E-state index in [0.717, 1.165) is 19.3 Å². The summed E-state index contributed by atoms with van der Waals surface area (Å²) in [5.41, 5.74) is 0.0271. The van der Waals surface area contributed by atoms with Crippen LogP contribution >= 0.6 is 26.7 Å². The fraction of sp³-hybridized carbons (Fsp3) is 0.727. The number of ether oxygens (including phenoxy) is 2. The van der Waals surface area contributed by atoms with Gasteiger partial charge in [-0.25, -0.2) is 14.9 Å². The smallest absolute Gasteiger partial charge is 0.413 e. The minimum atomic E-state index is -4.80. The van der Waals surface area contributed by atoms with Gasteiger partial charge in [0.2, 0.25) is 5.28 Å². The van der Waals surface area contributed by atoms with Crippen LogP contribution in [0.15, 0.2) is 6.33 Å². The molecule has 1 aliphatic heterocycles. The molecule has 2 aliphatic carbocycles. The predicted octanol–water partition coefficient (Wildman–Crippen LogP) is 1.77. The fourth-order valence-corrected chi connectivity index (χ4v) is 9.41. The molecule has 3 fully saturated rings. The van der Waals surface area contributed by atoms with Gasteiger partial charge >= 0.3 is 13.7 Å². The minimum absolute atomic E-state index is 0.0378. The maximum atomic E-state index is 12.9. The molecule has 228 valence electrons. The van der Waals surface area contributed by atoms with Crippen molar-refractivity contribution in [1.29, 1.82) is 0 Å². The third-order valence-corrected chi connectivity index (χ3v) is 13.0. The quantitative estimate of drug-likeness (QED) is 0.161. The highest BCUT2D eigenvalue weighted by molar-refractivity contribution is 7.71. The first-order valence-corrected chi connectivity index (χ1v) is 16.9. The summed E-state index contributed by atoms with van der Waals surface area (Å²) < 4.78 is 36.0. The number of hydrogen-bond acceptors (Lipinski definition) is 10. The molecule has 0 spiro atoms. The second-order valence-corrected chi connectivity index (χ2v) is 16.2. The number of anilines is 1. The number of aliphatic hydroxyl groups excluding tert-OH is 2. The molecule has 3 heterocycles. The van der Waals surface area contributed by atoms with Crippen LogP contribution in [0.1, 0.15) is 46.3 Å². The number of nitrogens with one attached hydrogen (secondary N) is 2. The Morgan fingerprint density at radius 1 is 1.22 bits per heavy atom. The number of amides is 1. The first-order chi connectivity index (χ1) is 18.9. The van der Waals surface area contributed by atoms with Gasteiger partial charge in [-0.1, -0.05) is 20.8 Å². The zero-order valence-corrected chi connectivity index (χ0v) is 25.0. The van der Waals surface area contributed by atoms with Crippen LogP contribution in [0.2, 0.25) is 5.28 Å². The van der Waals surface area contributed by atoms with Crippen molar-refractivity contribution in [1.82, 2.24) is 24.6 Å². The minimum Gasteiger partial charge on any atom is -0.445 e. The van der Waals surface area contributed by atoms with Crippen LogP contribution in [0.3, 0.4) is 0 Å². The highest BCUT2D eigenvalue weighted by Crippen LogP contribution is 2.66. The lowest BCUT2D eigenvalue weighted by molar-refractivity contribution is -0.0331. The van der Waals surface area contributed by atoms with Gasteiger partial charge in [0, 0.05) is 12.0 Å². The summed E-state index contributed by atoms with van der Waals surface area (Å²) in [7, 11) is -9.28. The van der Waals surface area contributed by atoms with Crippen LogP contribution in [-0.2, 0) is 18.6 Å². The van der Waals surface area contributed by atoms with E-state index in [1.807, 2.05) is 0 Å². The number of imidazole rings is 1. The van der Waals surface area contributed by atoms with E-state index < -0.39 is 58.2 Å². The van der Waals surface area contributed by atoms with E-state index in [1.165, 1.54) is 10.9 Å². The average Bonchev–Trinajstić information content (AvgIpc) is 3.49. The Morgan fingerprint density at radius 2 is 1.93 bits per heavy atom. The number of aliphatic hydroxyl groups is 2. The van der Waals surface area contributed by atoms with E-state index in [-0.39, 0.29) is 39.2 Å². The Bertz CT molecular complexity index is 1450. The number of carbonyl (C=O) groups excluding carboxylic acids is 1. The Morgan fingerprint density at radius 3 is 2.54 bits per heavy atom. The summed E-state index contributed by atoms with van der Waals surface area (Å²) in [5.74, 6) is -0.891. The van der Waals surface area contributed by atoms with Crippen LogP contribution in [0.4, 0.5) is 10.6 Å². The van der Waals surface area contributed by atoms with Crippen LogP contribution in [0.25, 0.3) is 11.2 Å². The standard InChI is InChI=1S/C22H33ClN6O10P2/c1-21(2)10-4-5-22(21,3)12(6-10)39-20(32)27-16-13-17(28-19(23)26-16)29(8-24-13)18-15(31)14(30)11(38-18)7-25-40(33,34)9-41(35,36)37/h8,10-12,14-15,18,30-31H,4-7,9H2,1-3H3,(H2,25,33,34)(H2,35,36,37)(H,26,27,28,32)/t10?,11?,12?,14?,15?,18?,22-/m0/s1. The number of aromatic nitrogens is 4. The van der Waals surface area contributed by atoms with Gasteiger partial charge in [-0.15, -0.1) is 0 Å². The van der Waals surface area contributed by atoms with E-state index >= 15 is 0 Å². The summed E-state index contributed by atoms with van der Waals surface area (Å²) in [6.45, 7) is 6.03. The molecule has 16 nitrogen and oxygen atoms in total. The first-order valence-electron chi connectivity index (χ1n) is 12.9. The van der Waals surface area contributed by atoms with Gasteiger partial charge in [0.25, 0.3) is 7.52 Å². The third kappa shape index (κ3) is 5.67. The van der Waals surface area contributed by atoms with Gasteiger partial charge in [0.1, 0.15) is 30.3 Å². The van der Waals surface area contributed by atoms with E-state index in [0.29, 0.717) is 5.92 Å². The van der Waals surface area contributed by atoms with E-state index in [9.17, 15) is 29.0 Å². The molecule has 0 radical (unpaired) electrons. The van der Waals surface area contributed by atoms with Gasteiger partial charge in [0.15, 0.2) is 23.2 Å². The number of hydrogen-bond donors (Lipinski definition) is 7. The fourth-order valence-electron chi connectivity index (χ4n) is 6.39. The second-order valence-electron chi connectivity index (χ2n) is 11.7. The monoisotopic (exact) mass is 638 g/mol. The third-order valence-electron chi connectivity index (χ3n) is 9.10. The molecule has 1 amide bonds. The molecule has 19 heteroatoms. The molecule has 2 aromatic rings. The summed E-state index contributed by atoms with van der Waals surface area (Å²) in [6.07, 6.45) is -2.60. The molecule has 2 aromatic heterocycles. The maximum absolute atomic E-state index is 12.9. The summed E-state index contributed by atoms with van der Waals surface area (Å²) >= 11 is 6.13. The lowest BCUT2D eigenvalue weighted by Gasteiger charge is -2.38. The molecule has 1 saturated heterocycles. The second kappa shape index (κ2) is 10.5. The van der Waals surface area contributed by atoms with Crippen molar-refractivity contribution in [2.75, 3.05) is 17.8 Å². The van der Waals surface area contributed by atoms with Crippen molar-refractivity contribution in [3.05, 3.63) is 11.6 Å². The van der Waals surface area contributed by atoms with Gasteiger partial charge in [-0.2, -0.15) is 9.97 Å². The molecule has 5 rings (SSSR count). The van der Waals surface area contributed by atoms with Crippen molar-refractivity contribution in [2.24, 2.45) is 16.7 Å². The number of rotatable bonds is 8. The van der Waals surface area contributed by atoms with Crippen molar-refractivity contribution < 1.29 is 48.3 Å². The van der Waals surface area contributed by atoms with Crippen LogP contribution in [-0.4, -0.2) is 87.4 Å². The topological polar surface area (TPSA) is 238 Å². The molecule has 3 aliphatic rings. The molecular weight excluding hydrogens is 606 g/mol. The zero-order valence-electron chi connectivity index (χ0n) is 22.4. The number of carbonyl (C=O) groups is 1. The van der Waals surface area contributed by atoms with Gasteiger partial charge in [-0.3, -0.25) is 19.0 Å². The predicted molar refractivity (Wildman–Crippen MR) is 144 cm³/mol. The van der Waals surface area contributed by atoms with Crippen LogP contribution in [0, 0.1) is 16.7 Å². The van der Waals surface area contributed by atoms with Crippen molar-refractivity contribution >= 4 is 49.8 Å². The van der Waals surface area contributed by atoms with E-state index in [4.69, 9.17) is 30.9 Å². The van der Waals surface area contributed by atoms with Crippen molar-refractivity contribution in [3.8, 4) is 0 Å². The Kier molecular flexibility index (Phi) is 7.85. The molecule has 2 saturated carbocycles. The molecule has 8 atom stereocenters. The number of fused-ring (bicyclic) bond motifs is 3. The van der Waals surface area contributed by atoms with Gasteiger partial charge in [-0.05, 0) is 42.2 Å². The summed E-state index contributed by atoms with van der Waals surface area (Å²) in [5, 5.41) is 25.6. The molecule has 7 unspecified atom stereocenters. The molecule has 41 heavy (non-hydrogen) atoms. The normalized spacial score (nSPS) is 34.2. The number of halogens is 1. The van der Waals surface area contributed by atoms with Crippen LogP contribution < -0.4 is 10.4 Å². The lowest BCUT2D eigenvalue weighted by Crippen LogP contribution is -2.39. The van der Waals surface area contributed by atoms with Crippen LogP contribution in [0.5, 0.6) is 0 Å². The van der Waals surface area contributed by atoms with Gasteiger partial charge < -0.3 is 34.4 Å². The highest BCUT2D eigenvalue weighted by atomic mass is 35.5. The Labute approximate surface area is 239 Å². The summed E-state index contributed by atoms with van der Waals surface area (Å²) in [4.78, 5) is 53.1. The Hall–Kier alpha value is -1.71. The lowest BCUT2D eigenvalue weighted by atomic mass is 9.70. The van der Waals surface area contributed by atoms with Crippen molar-refractivity contribution in [3.63, 3.8) is 0 Å². The Balaban J connectivity index is 1.31. The average molecular weight is 639 g/mol. The molecule has 2 bridgehead atoms. The number of nitrogens with zero attached hydrogens (tertiary/aromatic N) is 4. The first kappa shape index (κ1) is 30.7. The van der Waals surface area contributed by atoms with E-state index in [2.05, 4.69) is 46.1 Å². The molecular formula is C22H33ClN6O10P2. The van der Waals surface area contributed by atoms with E-state index in [1.54, 1.807) is 0 Å². The zero-order chi connectivity index (χ0) is 30.1. The van der Waals surface area contributed by atoms with Crippen molar-refractivity contribution in [2.45, 2.75) is 70.7 Å². The largest absolute Gasteiger partial charge is 0.445 e. The maximum Gasteiger partial charge on any atom is 0.413 e. The van der Waals surface area contributed by atoms with Gasteiger partial charge in [0.05, 0.1) is 6.33 Å².